The fourth-order valence-corrected chi connectivity index (χ4v) is 2.51. The normalized spacial score (nSPS) is 19.8. The van der Waals surface area contributed by atoms with Crippen LogP contribution in [0.25, 0.3) is 0 Å². The first-order valence-corrected chi connectivity index (χ1v) is 6.40. The molecule has 0 radical (unpaired) electrons. The second-order valence-corrected chi connectivity index (χ2v) is 5.08. The predicted molar refractivity (Wildman–Crippen MR) is 65.2 cm³/mol. The number of piperazine rings is 1. The molecule has 1 fully saturated rings. The average Bonchev–Trinajstić information content (AvgIpc) is 2.28. The van der Waals surface area contributed by atoms with Gasteiger partial charge in [0.25, 0.3) is 0 Å². The molecular weight excluding hydrogens is 311 g/mol. The molecule has 1 saturated heterocycles. The molecule has 7 heteroatoms. The molecule has 2 heterocycles. The van der Waals surface area contributed by atoms with Crippen molar-refractivity contribution in [1.82, 2.24) is 15.2 Å². The number of hydrogen-bond donors (Lipinski definition) is 1. The lowest BCUT2D eigenvalue weighted by Crippen LogP contribution is -2.49. The summed E-state index contributed by atoms with van der Waals surface area (Å²) in [5.41, 5.74) is 0.179. The lowest BCUT2D eigenvalue weighted by Gasteiger charge is -2.36. The maximum Gasteiger partial charge on any atom is 0.408 e. The third kappa shape index (κ3) is 3.21. The number of nitrogens with one attached hydrogen (secondary N) is 1. The van der Waals surface area contributed by atoms with E-state index in [2.05, 4.69) is 26.2 Å². The van der Waals surface area contributed by atoms with Gasteiger partial charge in [-0.1, -0.05) is 0 Å². The van der Waals surface area contributed by atoms with E-state index in [1.807, 2.05) is 0 Å². The van der Waals surface area contributed by atoms with Crippen molar-refractivity contribution in [2.45, 2.75) is 12.2 Å². The first-order valence-electron chi connectivity index (χ1n) is 5.60. The van der Waals surface area contributed by atoms with E-state index < -0.39 is 12.2 Å². The van der Waals surface area contributed by atoms with E-state index in [4.69, 9.17) is 0 Å². The number of rotatable bonds is 2. The minimum atomic E-state index is -4.29. The molecule has 0 amide bonds. The number of halogens is 4. The van der Waals surface area contributed by atoms with Gasteiger partial charge in [0.05, 0.1) is 0 Å². The molecule has 3 nitrogen and oxygen atoms in total. The zero-order valence-corrected chi connectivity index (χ0v) is 11.1. The zero-order valence-electron chi connectivity index (χ0n) is 9.54. The molecule has 0 unspecified atom stereocenters. The Morgan fingerprint density at radius 2 is 1.94 bits per heavy atom. The topological polar surface area (TPSA) is 28.2 Å². The first kappa shape index (κ1) is 13.8. The Morgan fingerprint density at radius 1 is 1.28 bits per heavy atom. The molecule has 1 aliphatic heterocycles. The van der Waals surface area contributed by atoms with Gasteiger partial charge in [0.2, 0.25) is 0 Å². The Bertz CT molecular complexity index is 405. The number of pyridine rings is 1. The van der Waals surface area contributed by atoms with Crippen LogP contribution < -0.4 is 5.32 Å². The summed E-state index contributed by atoms with van der Waals surface area (Å²) >= 11 is 3.16. The van der Waals surface area contributed by atoms with E-state index in [1.165, 1.54) is 23.4 Å². The highest BCUT2D eigenvalue weighted by atomic mass is 79.9. The zero-order chi connectivity index (χ0) is 13.2. The molecular formula is C11H13BrF3N3. The summed E-state index contributed by atoms with van der Waals surface area (Å²) in [4.78, 5) is 5.27. The summed E-state index contributed by atoms with van der Waals surface area (Å²) in [7, 11) is 0. The largest absolute Gasteiger partial charge is 0.408 e. The van der Waals surface area contributed by atoms with Crippen molar-refractivity contribution in [3.05, 3.63) is 28.5 Å². The highest BCUT2D eigenvalue weighted by Gasteiger charge is 2.45. The molecule has 1 aromatic heterocycles. The molecule has 1 aromatic rings. The fraction of sp³-hybridized carbons (Fsp3) is 0.545. The predicted octanol–water partition coefficient (Wildman–Crippen LogP) is 2.35. The third-order valence-corrected chi connectivity index (χ3v) is 3.30. The van der Waals surface area contributed by atoms with E-state index in [-0.39, 0.29) is 5.56 Å². The van der Waals surface area contributed by atoms with Crippen molar-refractivity contribution in [1.29, 1.82) is 0 Å². The van der Waals surface area contributed by atoms with Gasteiger partial charge in [-0.25, -0.2) is 0 Å². The van der Waals surface area contributed by atoms with Crippen LogP contribution in [-0.2, 0) is 0 Å². The van der Waals surface area contributed by atoms with E-state index in [0.29, 0.717) is 30.7 Å². The molecule has 0 bridgehead atoms. The van der Waals surface area contributed by atoms with Crippen LogP contribution in [0.4, 0.5) is 13.2 Å². The summed E-state index contributed by atoms with van der Waals surface area (Å²) in [5, 5.41) is 3.05. The monoisotopic (exact) mass is 323 g/mol. The van der Waals surface area contributed by atoms with Gasteiger partial charge >= 0.3 is 6.18 Å². The Kier molecular flexibility index (Phi) is 4.24. The van der Waals surface area contributed by atoms with Crippen LogP contribution in [0.1, 0.15) is 11.6 Å². The summed E-state index contributed by atoms with van der Waals surface area (Å²) in [5.74, 6) is 0. The van der Waals surface area contributed by atoms with Crippen molar-refractivity contribution in [3.8, 4) is 0 Å². The van der Waals surface area contributed by atoms with Crippen LogP contribution in [-0.4, -0.2) is 42.2 Å². The molecule has 1 N–H and O–H groups in total. The Hall–Kier alpha value is -0.660. The fourth-order valence-electron chi connectivity index (χ4n) is 2.12. The van der Waals surface area contributed by atoms with E-state index in [0.717, 1.165) is 0 Å². The van der Waals surface area contributed by atoms with Gasteiger partial charge in [0.15, 0.2) is 0 Å². The second kappa shape index (κ2) is 5.54. The van der Waals surface area contributed by atoms with Gasteiger partial charge in [0.1, 0.15) is 6.04 Å². The van der Waals surface area contributed by atoms with Crippen LogP contribution in [0.15, 0.2) is 22.9 Å². The van der Waals surface area contributed by atoms with Crippen molar-refractivity contribution in [3.63, 3.8) is 0 Å². The van der Waals surface area contributed by atoms with Gasteiger partial charge in [-0.05, 0) is 27.6 Å². The number of aromatic nitrogens is 1. The number of nitrogens with zero attached hydrogens (tertiary/aromatic N) is 2. The molecule has 1 atom stereocenters. The van der Waals surface area contributed by atoms with Crippen molar-refractivity contribution in [2.75, 3.05) is 26.2 Å². The van der Waals surface area contributed by atoms with Crippen LogP contribution in [0.5, 0.6) is 0 Å². The van der Waals surface area contributed by atoms with Crippen LogP contribution in [0.3, 0.4) is 0 Å². The standard InChI is InChI=1S/C11H13BrF3N3/c12-9-5-8(6-17-7-9)10(11(13,14)15)18-3-1-16-2-4-18/h5-7,10,16H,1-4H2/t10-/m0/s1. The van der Waals surface area contributed by atoms with Gasteiger partial charge in [-0.2, -0.15) is 13.2 Å². The smallest absolute Gasteiger partial charge is 0.314 e. The Morgan fingerprint density at radius 3 is 2.50 bits per heavy atom. The van der Waals surface area contributed by atoms with Crippen LogP contribution in [0, 0.1) is 0 Å². The lowest BCUT2D eigenvalue weighted by atomic mass is 10.1. The Labute approximate surface area is 112 Å². The minimum absolute atomic E-state index is 0.179. The summed E-state index contributed by atoms with van der Waals surface area (Å²) in [6, 6.07) is -0.0997. The van der Waals surface area contributed by atoms with Crippen molar-refractivity contribution < 1.29 is 13.2 Å². The van der Waals surface area contributed by atoms with Crippen molar-refractivity contribution in [2.24, 2.45) is 0 Å². The third-order valence-electron chi connectivity index (χ3n) is 2.87. The van der Waals surface area contributed by atoms with Gasteiger partial charge in [0, 0.05) is 43.0 Å². The molecule has 0 spiro atoms. The SMILES string of the molecule is FC(F)(F)[C@H](c1cncc(Br)c1)N1CCNCC1. The summed E-state index contributed by atoms with van der Waals surface area (Å²) in [6.07, 6.45) is -1.53. The maximum absolute atomic E-state index is 13.2. The quantitative estimate of drug-likeness (QED) is 0.905. The highest BCUT2D eigenvalue weighted by Crippen LogP contribution is 2.38. The van der Waals surface area contributed by atoms with Gasteiger partial charge in [-0.15, -0.1) is 0 Å². The van der Waals surface area contributed by atoms with Gasteiger partial charge in [-0.3, -0.25) is 9.88 Å². The highest BCUT2D eigenvalue weighted by molar-refractivity contribution is 9.10. The Balaban J connectivity index is 2.30. The number of alkyl halides is 3. The first-order chi connectivity index (χ1) is 8.48. The summed E-state index contributed by atoms with van der Waals surface area (Å²) in [6.45, 7) is 1.93. The molecule has 1 aliphatic rings. The summed E-state index contributed by atoms with van der Waals surface area (Å²) < 4.78 is 40.2. The second-order valence-electron chi connectivity index (χ2n) is 4.17. The molecule has 0 aliphatic carbocycles. The molecule has 18 heavy (non-hydrogen) atoms. The lowest BCUT2D eigenvalue weighted by molar-refractivity contribution is -0.188. The minimum Gasteiger partial charge on any atom is -0.314 e. The van der Waals surface area contributed by atoms with E-state index in [1.54, 1.807) is 0 Å². The average molecular weight is 324 g/mol. The van der Waals surface area contributed by atoms with E-state index in [9.17, 15) is 13.2 Å². The molecule has 0 aromatic carbocycles. The maximum atomic E-state index is 13.2. The molecule has 100 valence electrons. The van der Waals surface area contributed by atoms with Crippen LogP contribution >= 0.6 is 15.9 Å². The van der Waals surface area contributed by atoms with Crippen molar-refractivity contribution >= 4 is 15.9 Å². The van der Waals surface area contributed by atoms with E-state index >= 15 is 0 Å². The van der Waals surface area contributed by atoms with Gasteiger partial charge < -0.3 is 5.32 Å². The van der Waals surface area contributed by atoms with Crippen LogP contribution in [0.2, 0.25) is 0 Å². The number of hydrogen-bond acceptors (Lipinski definition) is 3. The molecule has 2 rings (SSSR count). The molecule has 0 saturated carbocycles.